The van der Waals surface area contributed by atoms with E-state index >= 15 is 0 Å². The summed E-state index contributed by atoms with van der Waals surface area (Å²) in [5.41, 5.74) is 0. The second kappa shape index (κ2) is 5.12. The summed E-state index contributed by atoms with van der Waals surface area (Å²) in [6, 6.07) is 0. The summed E-state index contributed by atoms with van der Waals surface area (Å²) < 4.78 is 21.0. The lowest BCUT2D eigenvalue weighted by atomic mass is 9.90. The van der Waals surface area contributed by atoms with E-state index < -0.39 is 26.3 Å². The number of aliphatic hydroxyl groups is 1. The molecule has 6 nitrogen and oxygen atoms in total. The van der Waals surface area contributed by atoms with Crippen molar-refractivity contribution >= 4 is 7.60 Å². The molecule has 1 saturated heterocycles. The minimum Gasteiger partial charge on any atom is -0.390 e. The van der Waals surface area contributed by atoms with Crippen LogP contribution in [0, 0.1) is 11.8 Å². The molecule has 0 radical (unpaired) electrons. The van der Waals surface area contributed by atoms with E-state index in [4.69, 9.17) is 19.3 Å². The van der Waals surface area contributed by atoms with Crippen molar-refractivity contribution in [2.75, 3.05) is 6.35 Å². The van der Waals surface area contributed by atoms with Crippen LogP contribution in [-0.2, 0) is 14.0 Å². The molecule has 0 amide bonds. The number of ether oxygens (including phenoxy) is 2. The molecule has 0 bridgehead atoms. The van der Waals surface area contributed by atoms with Crippen LogP contribution < -0.4 is 0 Å². The molecule has 0 aliphatic carbocycles. The van der Waals surface area contributed by atoms with Crippen molar-refractivity contribution in [2.24, 2.45) is 11.8 Å². The minimum atomic E-state index is -4.20. The van der Waals surface area contributed by atoms with E-state index in [1.807, 2.05) is 13.8 Å². The Bertz CT molecular complexity index is 275. The average Bonchev–Trinajstić information content (AvgIpc) is 2.38. The van der Waals surface area contributed by atoms with Gasteiger partial charge in [0.1, 0.15) is 0 Å². The lowest BCUT2D eigenvalue weighted by molar-refractivity contribution is -0.142. The molecule has 96 valence electrons. The second-order valence-electron chi connectivity index (χ2n) is 4.48. The molecule has 4 atom stereocenters. The van der Waals surface area contributed by atoms with Crippen LogP contribution in [0.2, 0.25) is 0 Å². The van der Waals surface area contributed by atoms with E-state index in [2.05, 4.69) is 0 Å². The summed E-state index contributed by atoms with van der Waals surface area (Å²) >= 11 is 0. The van der Waals surface area contributed by atoms with E-state index in [9.17, 15) is 9.67 Å². The zero-order chi connectivity index (χ0) is 12.5. The van der Waals surface area contributed by atoms with E-state index in [1.54, 1.807) is 6.92 Å². The molecular formula is C9H19O6P. The Hall–Kier alpha value is 0.0300. The van der Waals surface area contributed by atoms with Crippen LogP contribution in [0.15, 0.2) is 0 Å². The van der Waals surface area contributed by atoms with Crippen LogP contribution in [0.25, 0.3) is 0 Å². The normalized spacial score (nSPS) is 35.9. The van der Waals surface area contributed by atoms with Gasteiger partial charge in [0.15, 0.2) is 12.6 Å². The zero-order valence-corrected chi connectivity index (χ0v) is 10.5. The van der Waals surface area contributed by atoms with Crippen molar-refractivity contribution < 1.29 is 28.9 Å². The highest BCUT2D eigenvalue weighted by atomic mass is 31.2. The summed E-state index contributed by atoms with van der Waals surface area (Å²) in [5.74, 6) is -0.150. The topological polar surface area (TPSA) is 96.2 Å². The Balaban J connectivity index is 2.62. The third-order valence-corrected chi connectivity index (χ3v) is 3.20. The minimum absolute atomic E-state index is 0.113. The van der Waals surface area contributed by atoms with Crippen LogP contribution in [0.4, 0.5) is 0 Å². The third kappa shape index (κ3) is 3.52. The highest BCUT2D eigenvalue weighted by Gasteiger charge is 2.44. The van der Waals surface area contributed by atoms with Crippen molar-refractivity contribution in [1.29, 1.82) is 0 Å². The highest BCUT2D eigenvalue weighted by Crippen LogP contribution is 2.39. The van der Waals surface area contributed by atoms with Gasteiger partial charge < -0.3 is 24.4 Å². The van der Waals surface area contributed by atoms with Gasteiger partial charge in [-0.2, -0.15) is 0 Å². The molecule has 1 fully saturated rings. The van der Waals surface area contributed by atoms with Crippen LogP contribution in [0.5, 0.6) is 0 Å². The van der Waals surface area contributed by atoms with Crippen LogP contribution >= 0.6 is 7.60 Å². The molecule has 1 heterocycles. The van der Waals surface area contributed by atoms with E-state index in [0.29, 0.717) is 0 Å². The number of rotatable bonds is 4. The maximum absolute atomic E-state index is 10.7. The quantitative estimate of drug-likeness (QED) is 0.633. The molecule has 0 aromatic heterocycles. The summed E-state index contributed by atoms with van der Waals surface area (Å²) in [5, 5.41) is 9.83. The first-order chi connectivity index (χ1) is 7.22. The number of aliphatic hydroxyl groups excluding tert-OH is 1. The van der Waals surface area contributed by atoms with Crippen molar-refractivity contribution in [3.05, 3.63) is 0 Å². The molecule has 0 aromatic carbocycles. The highest BCUT2D eigenvalue weighted by molar-refractivity contribution is 7.51. The fourth-order valence-electron chi connectivity index (χ4n) is 1.89. The van der Waals surface area contributed by atoms with Gasteiger partial charge in [-0.25, -0.2) is 0 Å². The number of hydrogen-bond acceptors (Lipinski definition) is 4. The molecule has 0 saturated carbocycles. The summed E-state index contributed by atoms with van der Waals surface area (Å²) in [4.78, 5) is 17.4. The van der Waals surface area contributed by atoms with Crippen molar-refractivity contribution in [3.63, 3.8) is 0 Å². The van der Waals surface area contributed by atoms with Gasteiger partial charge in [-0.15, -0.1) is 0 Å². The predicted octanol–water partition coefficient (Wildman–Crippen LogP) is 0.516. The van der Waals surface area contributed by atoms with Crippen LogP contribution in [0.1, 0.15) is 20.8 Å². The van der Waals surface area contributed by atoms with Gasteiger partial charge in [0.2, 0.25) is 0 Å². The standard InChI is InChI=1S/C9H19O6P/c1-5(2)7-8(10)6(3)15-9(7)14-4-16(11,12)13/h5-10H,4H2,1-3H3,(H2,11,12,13)/t6-,7?,8+,9-/m0/s1. The smallest absolute Gasteiger partial charge is 0.351 e. The predicted molar refractivity (Wildman–Crippen MR) is 56.7 cm³/mol. The van der Waals surface area contributed by atoms with Crippen molar-refractivity contribution in [1.82, 2.24) is 0 Å². The lowest BCUT2D eigenvalue weighted by Crippen LogP contribution is -2.32. The monoisotopic (exact) mass is 254 g/mol. The molecule has 3 N–H and O–H groups in total. The molecule has 16 heavy (non-hydrogen) atoms. The largest absolute Gasteiger partial charge is 0.390 e. The maximum atomic E-state index is 10.7. The second-order valence-corrected chi connectivity index (χ2v) is 6.07. The van der Waals surface area contributed by atoms with Crippen LogP contribution in [-0.4, -0.2) is 39.7 Å². The van der Waals surface area contributed by atoms with E-state index in [0.717, 1.165) is 0 Å². The van der Waals surface area contributed by atoms with Crippen molar-refractivity contribution in [3.8, 4) is 0 Å². The Morgan fingerprint density at radius 2 is 2.00 bits per heavy atom. The average molecular weight is 254 g/mol. The van der Waals surface area contributed by atoms with E-state index in [-0.39, 0.29) is 17.9 Å². The maximum Gasteiger partial charge on any atom is 0.351 e. The van der Waals surface area contributed by atoms with Crippen LogP contribution in [0.3, 0.4) is 0 Å². The van der Waals surface area contributed by atoms with Gasteiger partial charge in [0.05, 0.1) is 12.2 Å². The molecule has 1 aliphatic heterocycles. The molecule has 1 unspecified atom stereocenters. The first-order valence-electron chi connectivity index (χ1n) is 5.22. The fraction of sp³-hybridized carbons (Fsp3) is 1.00. The third-order valence-electron chi connectivity index (χ3n) is 2.72. The Labute approximate surface area is 94.7 Å². The molecule has 0 aromatic rings. The first kappa shape index (κ1) is 14.1. The zero-order valence-electron chi connectivity index (χ0n) is 9.61. The lowest BCUT2D eigenvalue weighted by Gasteiger charge is -2.23. The van der Waals surface area contributed by atoms with Gasteiger partial charge in [-0.3, -0.25) is 4.57 Å². The van der Waals surface area contributed by atoms with E-state index in [1.165, 1.54) is 0 Å². The SMILES string of the molecule is CC(C)C1[C@@H](OCP(=O)(O)O)O[C@@H](C)[C@H]1O. The summed E-state index contributed by atoms with van der Waals surface area (Å²) in [6.07, 6.45) is -2.48. The van der Waals surface area contributed by atoms with Gasteiger partial charge in [0, 0.05) is 5.92 Å². The Morgan fingerprint density at radius 1 is 1.44 bits per heavy atom. The Morgan fingerprint density at radius 3 is 2.44 bits per heavy atom. The fourth-order valence-corrected chi connectivity index (χ4v) is 2.23. The van der Waals surface area contributed by atoms with Gasteiger partial charge in [0.25, 0.3) is 0 Å². The molecule has 1 rings (SSSR count). The van der Waals surface area contributed by atoms with Crippen molar-refractivity contribution in [2.45, 2.75) is 39.3 Å². The number of hydrogen-bond donors (Lipinski definition) is 3. The summed E-state index contributed by atoms with van der Waals surface area (Å²) in [6.45, 7) is 5.52. The van der Waals surface area contributed by atoms with Gasteiger partial charge in [-0.05, 0) is 12.8 Å². The van der Waals surface area contributed by atoms with Gasteiger partial charge >= 0.3 is 7.60 Å². The molecule has 1 aliphatic rings. The van der Waals surface area contributed by atoms with Gasteiger partial charge in [-0.1, -0.05) is 13.8 Å². The Kier molecular flexibility index (Phi) is 4.51. The molecule has 0 spiro atoms. The summed E-state index contributed by atoms with van der Waals surface area (Å²) in [7, 11) is -4.20. The molecule has 7 heteroatoms. The first-order valence-corrected chi connectivity index (χ1v) is 7.02. The molecular weight excluding hydrogens is 235 g/mol.